The first kappa shape index (κ1) is 12.0. The molecule has 2 nitrogen and oxygen atoms in total. The van der Waals surface area contributed by atoms with Crippen LogP contribution >= 0.6 is 0 Å². The van der Waals surface area contributed by atoms with Crippen LogP contribution in [-0.2, 0) is 0 Å². The fourth-order valence-corrected chi connectivity index (χ4v) is 2.44. The Morgan fingerprint density at radius 2 is 1.55 bits per heavy atom. The van der Waals surface area contributed by atoms with E-state index in [1.165, 1.54) is 11.5 Å². The van der Waals surface area contributed by atoms with Crippen LogP contribution in [0.3, 0.4) is 0 Å². The molecule has 0 aliphatic rings. The lowest BCUT2D eigenvalue weighted by atomic mass is 9.96. The van der Waals surface area contributed by atoms with Crippen molar-refractivity contribution in [3.8, 4) is 12.1 Å². The van der Waals surface area contributed by atoms with E-state index in [4.69, 9.17) is 5.26 Å². The van der Waals surface area contributed by atoms with Gasteiger partial charge in [0, 0.05) is 11.6 Å². The van der Waals surface area contributed by atoms with Crippen LogP contribution in [0.4, 0.5) is 0 Å². The molecule has 3 aromatic rings. The van der Waals surface area contributed by atoms with Crippen LogP contribution in [0.5, 0.6) is 0 Å². The van der Waals surface area contributed by atoms with E-state index in [-0.39, 0.29) is 0 Å². The van der Waals surface area contributed by atoms with Gasteiger partial charge in [0.1, 0.15) is 6.07 Å². The van der Waals surface area contributed by atoms with Crippen LogP contribution in [0.2, 0.25) is 0 Å². The smallest absolute Gasteiger partial charge is 0.101 e. The summed E-state index contributed by atoms with van der Waals surface area (Å²) >= 11 is 0. The Morgan fingerprint density at radius 3 is 2.25 bits per heavy atom. The summed E-state index contributed by atoms with van der Waals surface area (Å²) in [5.74, 6) is 0. The maximum atomic E-state index is 9.21. The summed E-state index contributed by atoms with van der Waals surface area (Å²) in [5.41, 5.74) is 1.20. The van der Waals surface area contributed by atoms with Crippen LogP contribution in [0, 0.1) is 22.7 Å². The average molecular weight is 254 g/mol. The molecular formula is C18H10N2. The van der Waals surface area contributed by atoms with E-state index in [0.717, 1.165) is 21.7 Å². The van der Waals surface area contributed by atoms with Crippen molar-refractivity contribution in [2.75, 3.05) is 0 Å². The quantitative estimate of drug-likeness (QED) is 0.476. The molecule has 0 unspecified atom stereocenters. The Morgan fingerprint density at radius 1 is 0.850 bits per heavy atom. The minimum Gasteiger partial charge on any atom is -0.193 e. The largest absolute Gasteiger partial charge is 0.193 e. The first-order valence-corrected chi connectivity index (χ1v) is 6.25. The normalized spacial score (nSPS) is 11.2. The van der Waals surface area contributed by atoms with Gasteiger partial charge in [-0.15, -0.1) is 0 Å². The highest BCUT2D eigenvalue weighted by Crippen LogP contribution is 2.29. The molecule has 0 N–H and O–H groups in total. The van der Waals surface area contributed by atoms with Crippen molar-refractivity contribution >= 4 is 27.1 Å². The molecule has 0 fully saturated rings. The van der Waals surface area contributed by atoms with Gasteiger partial charge in [0.05, 0.1) is 11.6 Å². The zero-order valence-electron chi connectivity index (χ0n) is 10.7. The maximum Gasteiger partial charge on any atom is 0.101 e. The lowest BCUT2D eigenvalue weighted by molar-refractivity contribution is 1.51. The third-order valence-electron chi connectivity index (χ3n) is 3.37. The number of rotatable bonds is 1. The Balaban J connectivity index is 2.40. The molecule has 0 amide bonds. The average Bonchev–Trinajstić information content (AvgIpc) is 2.50. The van der Waals surface area contributed by atoms with Gasteiger partial charge in [-0.25, -0.2) is 0 Å². The second-order valence-corrected chi connectivity index (χ2v) is 4.52. The van der Waals surface area contributed by atoms with Crippen molar-refractivity contribution in [1.29, 1.82) is 10.5 Å². The highest BCUT2D eigenvalue weighted by atomic mass is 14.3. The second-order valence-electron chi connectivity index (χ2n) is 4.52. The number of benzene rings is 3. The Bertz CT molecular complexity index is 921. The van der Waals surface area contributed by atoms with Crippen LogP contribution in [0.15, 0.2) is 60.7 Å². The molecule has 0 aromatic heterocycles. The zero-order valence-corrected chi connectivity index (χ0v) is 10.7. The standard InChI is InChI=1S/C18H10N2/c19-9-8-16(12-20)17-7-3-6-15-10-13-4-1-2-5-14(13)11-18(15)17/h1-8,10-11H. The minimum absolute atomic E-state index is 0.397. The van der Waals surface area contributed by atoms with Gasteiger partial charge in [-0.1, -0.05) is 42.5 Å². The van der Waals surface area contributed by atoms with Crippen molar-refractivity contribution in [1.82, 2.24) is 0 Å². The maximum absolute atomic E-state index is 9.21. The molecule has 0 aliphatic carbocycles. The number of hydrogen-bond donors (Lipinski definition) is 0. The summed E-state index contributed by atoms with van der Waals surface area (Å²) in [4.78, 5) is 0. The summed E-state index contributed by atoms with van der Waals surface area (Å²) in [7, 11) is 0. The topological polar surface area (TPSA) is 47.6 Å². The van der Waals surface area contributed by atoms with Crippen molar-refractivity contribution in [3.05, 3.63) is 66.2 Å². The van der Waals surface area contributed by atoms with Crippen LogP contribution in [0.1, 0.15) is 5.56 Å². The molecule has 0 heterocycles. The van der Waals surface area contributed by atoms with Gasteiger partial charge >= 0.3 is 0 Å². The van der Waals surface area contributed by atoms with Gasteiger partial charge in [-0.05, 0) is 33.7 Å². The van der Waals surface area contributed by atoms with Crippen molar-refractivity contribution in [2.45, 2.75) is 0 Å². The van der Waals surface area contributed by atoms with Gasteiger partial charge < -0.3 is 0 Å². The molecule has 2 heteroatoms. The number of nitriles is 2. The number of nitrogens with zero attached hydrogens (tertiary/aromatic N) is 2. The highest BCUT2D eigenvalue weighted by molar-refractivity contribution is 6.04. The molecule has 0 spiro atoms. The van der Waals surface area contributed by atoms with E-state index in [2.05, 4.69) is 24.3 Å². The van der Waals surface area contributed by atoms with E-state index in [9.17, 15) is 5.26 Å². The van der Waals surface area contributed by atoms with E-state index < -0.39 is 0 Å². The monoisotopic (exact) mass is 254 g/mol. The Kier molecular flexibility index (Phi) is 2.92. The molecule has 20 heavy (non-hydrogen) atoms. The second kappa shape index (κ2) is 4.88. The zero-order chi connectivity index (χ0) is 13.9. The highest BCUT2D eigenvalue weighted by Gasteiger charge is 2.07. The third kappa shape index (κ3) is 1.90. The predicted octanol–water partition coefficient (Wildman–Crippen LogP) is 4.42. The van der Waals surface area contributed by atoms with E-state index in [1.54, 1.807) is 0 Å². The van der Waals surface area contributed by atoms with Crippen molar-refractivity contribution in [3.63, 3.8) is 0 Å². The summed E-state index contributed by atoms with van der Waals surface area (Å²) in [6.07, 6.45) is 1.30. The van der Waals surface area contributed by atoms with E-state index >= 15 is 0 Å². The van der Waals surface area contributed by atoms with Crippen molar-refractivity contribution in [2.24, 2.45) is 0 Å². The third-order valence-corrected chi connectivity index (χ3v) is 3.37. The molecule has 0 aliphatic heterocycles. The fourth-order valence-electron chi connectivity index (χ4n) is 2.44. The fraction of sp³-hybridized carbons (Fsp3) is 0. The first-order chi connectivity index (χ1) is 9.83. The predicted molar refractivity (Wildman–Crippen MR) is 80.7 cm³/mol. The van der Waals surface area contributed by atoms with Gasteiger partial charge in [0.15, 0.2) is 0 Å². The molecule has 3 rings (SSSR count). The van der Waals surface area contributed by atoms with Gasteiger partial charge in [0.2, 0.25) is 0 Å². The SMILES string of the molecule is N#CC=C(C#N)c1cccc2cc3ccccc3cc12. The van der Waals surface area contributed by atoms with E-state index in [1.807, 2.05) is 42.5 Å². The molecule has 0 atom stereocenters. The van der Waals surface area contributed by atoms with Gasteiger partial charge in [0.25, 0.3) is 0 Å². The summed E-state index contributed by atoms with van der Waals surface area (Å²) < 4.78 is 0. The molecule has 0 bridgehead atoms. The lowest BCUT2D eigenvalue weighted by Crippen LogP contribution is -1.85. The van der Waals surface area contributed by atoms with Gasteiger partial charge in [-0.2, -0.15) is 10.5 Å². The number of hydrogen-bond acceptors (Lipinski definition) is 2. The summed E-state index contributed by atoms with van der Waals surface area (Å²) in [6.45, 7) is 0. The van der Waals surface area contributed by atoms with Crippen LogP contribution < -0.4 is 0 Å². The first-order valence-electron chi connectivity index (χ1n) is 6.25. The summed E-state index contributed by atoms with van der Waals surface area (Å²) in [5, 5.41) is 22.4. The molecule has 3 aromatic carbocycles. The lowest BCUT2D eigenvalue weighted by Gasteiger charge is -2.07. The van der Waals surface area contributed by atoms with Crippen molar-refractivity contribution < 1.29 is 0 Å². The van der Waals surface area contributed by atoms with Crippen LogP contribution in [0.25, 0.3) is 27.1 Å². The molecule has 0 saturated carbocycles. The Hall–Kier alpha value is -3.10. The molecule has 92 valence electrons. The van der Waals surface area contributed by atoms with E-state index in [0.29, 0.717) is 5.57 Å². The number of allylic oxidation sites excluding steroid dienone is 2. The molecular weight excluding hydrogens is 244 g/mol. The molecule has 0 radical (unpaired) electrons. The molecule has 0 saturated heterocycles. The minimum atomic E-state index is 0.397. The van der Waals surface area contributed by atoms with Crippen LogP contribution in [-0.4, -0.2) is 0 Å². The summed E-state index contributed by atoms with van der Waals surface area (Å²) in [6, 6.07) is 22.1. The Labute approximate surface area is 116 Å². The van der Waals surface area contributed by atoms with Gasteiger partial charge in [-0.3, -0.25) is 0 Å². The number of fused-ring (bicyclic) bond motifs is 2.